The summed E-state index contributed by atoms with van der Waals surface area (Å²) in [6.07, 6.45) is 2.96. The van der Waals surface area contributed by atoms with Gasteiger partial charge in [0.1, 0.15) is 11.7 Å². The Morgan fingerprint density at radius 1 is 1.38 bits per heavy atom. The molecule has 1 aromatic rings. The van der Waals surface area contributed by atoms with Gasteiger partial charge in [0.2, 0.25) is 11.8 Å². The summed E-state index contributed by atoms with van der Waals surface area (Å²) >= 11 is 0. The van der Waals surface area contributed by atoms with Crippen LogP contribution < -0.4 is 10.6 Å². The Morgan fingerprint density at radius 2 is 2.10 bits per heavy atom. The molecule has 0 saturated heterocycles. The molecule has 1 saturated carbocycles. The molecule has 7 nitrogen and oxygen atoms in total. The van der Waals surface area contributed by atoms with E-state index in [4.69, 9.17) is 0 Å². The summed E-state index contributed by atoms with van der Waals surface area (Å²) in [6.45, 7) is 6.54. The van der Waals surface area contributed by atoms with E-state index in [2.05, 4.69) is 20.8 Å². The molecule has 0 aliphatic heterocycles. The predicted octanol–water partition coefficient (Wildman–Crippen LogP) is 0.527. The van der Waals surface area contributed by atoms with Gasteiger partial charge in [0.15, 0.2) is 0 Å². The summed E-state index contributed by atoms with van der Waals surface area (Å²) in [4.78, 5) is 25.4. The van der Waals surface area contributed by atoms with Crippen molar-refractivity contribution < 1.29 is 9.59 Å². The molecule has 1 fully saturated rings. The van der Waals surface area contributed by atoms with E-state index in [1.165, 1.54) is 0 Å². The SMILES string of the molecule is CCn1nc(C)c(CNC(=O)C(C)NC(=O)C2CCC2)n1. The lowest BCUT2D eigenvalue weighted by molar-refractivity contribution is -0.132. The fraction of sp³-hybridized carbons (Fsp3) is 0.714. The van der Waals surface area contributed by atoms with Crippen molar-refractivity contribution in [3.8, 4) is 0 Å². The number of carbonyl (C=O) groups excluding carboxylic acids is 2. The van der Waals surface area contributed by atoms with Crippen LogP contribution >= 0.6 is 0 Å². The number of rotatable bonds is 6. The molecular formula is C14H23N5O2. The number of hydrogen-bond acceptors (Lipinski definition) is 4. The number of nitrogens with one attached hydrogen (secondary N) is 2. The molecule has 0 aromatic carbocycles. The van der Waals surface area contributed by atoms with Gasteiger partial charge in [0, 0.05) is 5.92 Å². The van der Waals surface area contributed by atoms with Gasteiger partial charge in [0.25, 0.3) is 0 Å². The zero-order valence-electron chi connectivity index (χ0n) is 12.8. The number of aryl methyl sites for hydroxylation is 2. The topological polar surface area (TPSA) is 88.9 Å². The summed E-state index contributed by atoms with van der Waals surface area (Å²) in [6, 6.07) is -0.528. The summed E-state index contributed by atoms with van der Waals surface area (Å²) in [5.41, 5.74) is 1.56. The Bertz CT molecular complexity index is 521. The second-order valence-corrected chi connectivity index (χ2v) is 5.50. The minimum absolute atomic E-state index is 0.0167. The minimum atomic E-state index is -0.528. The fourth-order valence-electron chi connectivity index (χ4n) is 2.16. The van der Waals surface area contributed by atoms with Gasteiger partial charge < -0.3 is 10.6 Å². The van der Waals surface area contributed by atoms with Crippen molar-refractivity contribution in [1.29, 1.82) is 0 Å². The van der Waals surface area contributed by atoms with Crippen molar-refractivity contribution in [1.82, 2.24) is 25.6 Å². The van der Waals surface area contributed by atoms with Crippen molar-refractivity contribution in [3.63, 3.8) is 0 Å². The van der Waals surface area contributed by atoms with Gasteiger partial charge in [-0.15, -0.1) is 0 Å². The number of carbonyl (C=O) groups is 2. The second kappa shape index (κ2) is 6.69. The lowest BCUT2D eigenvalue weighted by Gasteiger charge is -2.25. The van der Waals surface area contributed by atoms with Crippen molar-refractivity contribution >= 4 is 11.8 Å². The third-order valence-electron chi connectivity index (χ3n) is 3.86. The van der Waals surface area contributed by atoms with Gasteiger partial charge in [0.05, 0.1) is 18.8 Å². The van der Waals surface area contributed by atoms with Crippen molar-refractivity contribution in [2.24, 2.45) is 5.92 Å². The van der Waals surface area contributed by atoms with Crippen LogP contribution in [0.5, 0.6) is 0 Å². The first kappa shape index (κ1) is 15.5. The zero-order valence-corrected chi connectivity index (χ0v) is 12.8. The number of hydrogen-bond donors (Lipinski definition) is 2. The maximum Gasteiger partial charge on any atom is 0.242 e. The fourth-order valence-corrected chi connectivity index (χ4v) is 2.16. The normalized spacial score (nSPS) is 16.1. The van der Waals surface area contributed by atoms with Crippen molar-refractivity contribution in [3.05, 3.63) is 11.4 Å². The van der Waals surface area contributed by atoms with Gasteiger partial charge in [-0.3, -0.25) is 9.59 Å². The molecule has 0 bridgehead atoms. The number of amides is 2. The molecule has 116 valence electrons. The molecule has 2 amide bonds. The van der Waals surface area contributed by atoms with E-state index >= 15 is 0 Å². The zero-order chi connectivity index (χ0) is 15.4. The van der Waals surface area contributed by atoms with Crippen LogP contribution in [-0.4, -0.2) is 32.9 Å². The third-order valence-corrected chi connectivity index (χ3v) is 3.86. The van der Waals surface area contributed by atoms with Crippen LogP contribution in [-0.2, 0) is 22.7 Å². The van der Waals surface area contributed by atoms with Crippen LogP contribution in [0.15, 0.2) is 0 Å². The van der Waals surface area contributed by atoms with Gasteiger partial charge in [-0.2, -0.15) is 15.0 Å². The quantitative estimate of drug-likeness (QED) is 0.800. The molecule has 1 aliphatic rings. The van der Waals surface area contributed by atoms with Crippen LogP contribution in [0.1, 0.15) is 44.5 Å². The van der Waals surface area contributed by atoms with Crippen LogP contribution in [0.25, 0.3) is 0 Å². The van der Waals surface area contributed by atoms with E-state index in [1.54, 1.807) is 11.7 Å². The highest BCUT2D eigenvalue weighted by molar-refractivity contribution is 5.88. The molecule has 2 N–H and O–H groups in total. The van der Waals surface area contributed by atoms with Crippen molar-refractivity contribution in [2.75, 3.05) is 0 Å². The summed E-state index contributed by atoms with van der Waals surface area (Å²) in [7, 11) is 0. The molecule has 0 spiro atoms. The van der Waals surface area contributed by atoms with Crippen molar-refractivity contribution in [2.45, 2.75) is 59.2 Å². The highest BCUT2D eigenvalue weighted by Crippen LogP contribution is 2.26. The third kappa shape index (κ3) is 3.80. The van der Waals surface area contributed by atoms with E-state index in [1.807, 2.05) is 13.8 Å². The molecule has 1 aliphatic carbocycles. The molecular weight excluding hydrogens is 270 g/mol. The van der Waals surface area contributed by atoms with Crippen LogP contribution in [0.2, 0.25) is 0 Å². The highest BCUT2D eigenvalue weighted by atomic mass is 16.2. The first-order chi connectivity index (χ1) is 10.0. The van der Waals surface area contributed by atoms with Gasteiger partial charge in [-0.25, -0.2) is 0 Å². The Balaban J connectivity index is 1.80. The monoisotopic (exact) mass is 293 g/mol. The maximum atomic E-state index is 12.0. The Kier molecular flexibility index (Phi) is 4.93. The Labute approximate surface area is 124 Å². The first-order valence-corrected chi connectivity index (χ1v) is 7.50. The van der Waals surface area contributed by atoms with Gasteiger partial charge in [-0.05, 0) is 33.6 Å². The molecule has 1 heterocycles. The van der Waals surface area contributed by atoms with Crippen LogP contribution in [0.4, 0.5) is 0 Å². The summed E-state index contributed by atoms with van der Waals surface area (Å²) < 4.78 is 0. The smallest absolute Gasteiger partial charge is 0.242 e. The van der Waals surface area contributed by atoms with E-state index < -0.39 is 6.04 Å². The first-order valence-electron chi connectivity index (χ1n) is 7.50. The largest absolute Gasteiger partial charge is 0.349 e. The van der Waals surface area contributed by atoms with E-state index in [0.29, 0.717) is 13.1 Å². The summed E-state index contributed by atoms with van der Waals surface area (Å²) in [5, 5.41) is 14.0. The van der Waals surface area contributed by atoms with E-state index in [9.17, 15) is 9.59 Å². The Morgan fingerprint density at radius 3 is 2.62 bits per heavy atom. The summed E-state index contributed by atoms with van der Waals surface area (Å²) in [5.74, 6) is -0.128. The second-order valence-electron chi connectivity index (χ2n) is 5.50. The molecule has 2 rings (SSSR count). The lowest BCUT2D eigenvalue weighted by atomic mass is 9.84. The minimum Gasteiger partial charge on any atom is -0.349 e. The Hall–Kier alpha value is -1.92. The average molecular weight is 293 g/mol. The van der Waals surface area contributed by atoms with Gasteiger partial charge >= 0.3 is 0 Å². The highest BCUT2D eigenvalue weighted by Gasteiger charge is 2.27. The van der Waals surface area contributed by atoms with Crippen LogP contribution in [0, 0.1) is 12.8 Å². The van der Waals surface area contributed by atoms with Gasteiger partial charge in [-0.1, -0.05) is 6.42 Å². The maximum absolute atomic E-state index is 12.0. The lowest BCUT2D eigenvalue weighted by Crippen LogP contribution is -2.47. The van der Waals surface area contributed by atoms with E-state index in [0.717, 1.165) is 30.7 Å². The average Bonchev–Trinajstić information content (AvgIpc) is 2.74. The standard InChI is InChI=1S/C14H23N5O2/c1-4-19-17-9(2)12(18-19)8-15-13(20)10(3)16-14(21)11-6-5-7-11/h10-11H,4-8H2,1-3H3,(H,15,20)(H,16,21). The molecule has 1 atom stereocenters. The predicted molar refractivity (Wildman–Crippen MR) is 77.2 cm³/mol. The van der Waals surface area contributed by atoms with E-state index in [-0.39, 0.29) is 17.7 Å². The molecule has 1 aromatic heterocycles. The number of nitrogens with zero attached hydrogens (tertiary/aromatic N) is 3. The van der Waals surface area contributed by atoms with Crippen LogP contribution in [0.3, 0.4) is 0 Å². The molecule has 0 radical (unpaired) electrons. The molecule has 1 unspecified atom stereocenters. The number of aromatic nitrogens is 3. The molecule has 7 heteroatoms. The molecule has 21 heavy (non-hydrogen) atoms.